The van der Waals surface area contributed by atoms with Gasteiger partial charge in [-0.25, -0.2) is 0 Å². The zero-order chi connectivity index (χ0) is 19.0. The van der Waals surface area contributed by atoms with Crippen LogP contribution in [0.2, 0.25) is 0 Å². The second-order valence-corrected chi connectivity index (χ2v) is 7.64. The minimum atomic E-state index is -0.0414. The summed E-state index contributed by atoms with van der Waals surface area (Å²) in [6, 6.07) is 11.9. The lowest BCUT2D eigenvalue weighted by Crippen LogP contribution is -2.42. The SMILES string of the molecule is CCNC(=O)c1ccc(CNC(=NC)NCC(C)(C)c2cccs2)cc1. The van der Waals surface area contributed by atoms with E-state index in [2.05, 4.69) is 52.3 Å². The van der Waals surface area contributed by atoms with Crippen molar-refractivity contribution in [3.05, 3.63) is 57.8 Å². The number of aliphatic imine (C=N–C) groups is 1. The lowest BCUT2D eigenvalue weighted by atomic mass is 9.91. The molecule has 1 heterocycles. The Balaban J connectivity index is 1.86. The van der Waals surface area contributed by atoms with Gasteiger partial charge < -0.3 is 16.0 Å². The summed E-state index contributed by atoms with van der Waals surface area (Å²) in [5, 5.41) is 11.6. The van der Waals surface area contributed by atoms with Gasteiger partial charge in [0.05, 0.1) is 0 Å². The normalized spacial score (nSPS) is 11.9. The van der Waals surface area contributed by atoms with Crippen molar-refractivity contribution >= 4 is 23.2 Å². The highest BCUT2D eigenvalue weighted by Gasteiger charge is 2.21. The number of rotatable bonds is 7. The number of carbonyl (C=O) groups is 1. The first-order chi connectivity index (χ1) is 12.5. The van der Waals surface area contributed by atoms with Gasteiger partial charge in [0.1, 0.15) is 0 Å². The molecule has 1 aromatic heterocycles. The van der Waals surface area contributed by atoms with Crippen molar-refractivity contribution in [1.82, 2.24) is 16.0 Å². The van der Waals surface area contributed by atoms with Gasteiger partial charge in [-0.2, -0.15) is 0 Å². The number of benzene rings is 1. The van der Waals surface area contributed by atoms with Crippen molar-refractivity contribution in [2.24, 2.45) is 4.99 Å². The van der Waals surface area contributed by atoms with Gasteiger partial charge in [0, 0.05) is 42.5 Å². The first kappa shape index (κ1) is 20.0. The van der Waals surface area contributed by atoms with E-state index < -0.39 is 0 Å². The van der Waals surface area contributed by atoms with Crippen molar-refractivity contribution < 1.29 is 4.79 Å². The lowest BCUT2D eigenvalue weighted by Gasteiger charge is -2.25. The maximum atomic E-state index is 11.8. The summed E-state index contributed by atoms with van der Waals surface area (Å²) in [5.74, 6) is 0.725. The minimum absolute atomic E-state index is 0.0414. The average Bonchev–Trinajstić information content (AvgIpc) is 3.18. The topological polar surface area (TPSA) is 65.5 Å². The fraction of sp³-hybridized carbons (Fsp3) is 0.400. The van der Waals surface area contributed by atoms with Gasteiger partial charge in [-0.05, 0) is 36.1 Å². The van der Waals surface area contributed by atoms with Crippen LogP contribution in [0.5, 0.6) is 0 Å². The van der Waals surface area contributed by atoms with Crippen molar-refractivity contribution in [2.75, 3.05) is 20.1 Å². The molecule has 0 bridgehead atoms. The molecule has 0 radical (unpaired) electrons. The van der Waals surface area contributed by atoms with E-state index in [4.69, 9.17) is 0 Å². The number of hydrogen-bond acceptors (Lipinski definition) is 3. The third kappa shape index (κ3) is 5.59. The Kier molecular flexibility index (Phi) is 7.21. The van der Waals surface area contributed by atoms with Crippen LogP contribution in [0, 0.1) is 0 Å². The smallest absolute Gasteiger partial charge is 0.251 e. The second-order valence-electron chi connectivity index (χ2n) is 6.70. The zero-order valence-corrected chi connectivity index (χ0v) is 16.7. The summed E-state index contributed by atoms with van der Waals surface area (Å²) in [5.41, 5.74) is 1.81. The van der Waals surface area contributed by atoms with Crippen LogP contribution in [-0.4, -0.2) is 32.0 Å². The highest BCUT2D eigenvalue weighted by molar-refractivity contribution is 7.10. The fourth-order valence-corrected chi connectivity index (χ4v) is 3.35. The summed E-state index contributed by atoms with van der Waals surface area (Å²) < 4.78 is 0. The first-order valence-corrected chi connectivity index (χ1v) is 9.70. The number of guanidine groups is 1. The van der Waals surface area contributed by atoms with Gasteiger partial charge in [0.15, 0.2) is 5.96 Å². The van der Waals surface area contributed by atoms with Crippen molar-refractivity contribution in [2.45, 2.75) is 32.7 Å². The summed E-state index contributed by atoms with van der Waals surface area (Å²) >= 11 is 1.77. The molecule has 26 heavy (non-hydrogen) atoms. The van der Waals surface area contributed by atoms with Gasteiger partial charge in [-0.15, -0.1) is 11.3 Å². The van der Waals surface area contributed by atoms with E-state index in [0.29, 0.717) is 18.7 Å². The van der Waals surface area contributed by atoms with Gasteiger partial charge >= 0.3 is 0 Å². The maximum Gasteiger partial charge on any atom is 0.251 e. The van der Waals surface area contributed by atoms with E-state index in [0.717, 1.165) is 18.1 Å². The monoisotopic (exact) mass is 372 g/mol. The molecule has 0 aliphatic rings. The third-order valence-electron chi connectivity index (χ3n) is 4.12. The Morgan fingerprint density at radius 2 is 1.85 bits per heavy atom. The molecule has 6 heteroatoms. The Hall–Kier alpha value is -2.34. The molecule has 5 nitrogen and oxygen atoms in total. The summed E-state index contributed by atoms with van der Waals surface area (Å²) in [7, 11) is 1.77. The highest BCUT2D eigenvalue weighted by Crippen LogP contribution is 2.26. The lowest BCUT2D eigenvalue weighted by molar-refractivity contribution is 0.0956. The van der Waals surface area contributed by atoms with Gasteiger partial charge in [0.2, 0.25) is 0 Å². The number of carbonyl (C=O) groups excluding carboxylic acids is 1. The molecule has 2 rings (SSSR count). The fourth-order valence-electron chi connectivity index (χ4n) is 2.50. The van der Waals surface area contributed by atoms with E-state index in [-0.39, 0.29) is 11.3 Å². The quantitative estimate of drug-likeness (QED) is 0.517. The molecule has 0 fully saturated rings. The van der Waals surface area contributed by atoms with Crippen molar-refractivity contribution in [3.63, 3.8) is 0 Å². The molecule has 2 aromatic rings. The first-order valence-electron chi connectivity index (χ1n) is 8.82. The highest BCUT2D eigenvalue weighted by atomic mass is 32.1. The molecule has 1 aromatic carbocycles. The van der Waals surface area contributed by atoms with Crippen LogP contribution in [0.15, 0.2) is 46.8 Å². The third-order valence-corrected chi connectivity index (χ3v) is 5.36. The summed E-state index contributed by atoms with van der Waals surface area (Å²) in [6.07, 6.45) is 0. The van der Waals surface area contributed by atoms with E-state index >= 15 is 0 Å². The Labute approximate surface area is 159 Å². The van der Waals surface area contributed by atoms with Crippen LogP contribution in [0.4, 0.5) is 0 Å². The standard InChI is InChI=1S/C20H28N4OS/c1-5-22-18(25)16-10-8-15(9-11-16)13-23-19(21-4)24-14-20(2,3)17-7-6-12-26-17/h6-12H,5,13-14H2,1-4H3,(H,22,25)(H2,21,23,24). The van der Waals surface area contributed by atoms with Crippen LogP contribution in [-0.2, 0) is 12.0 Å². The molecule has 3 N–H and O–H groups in total. The van der Waals surface area contributed by atoms with Crippen LogP contribution >= 0.6 is 11.3 Å². The molecular formula is C20H28N4OS. The van der Waals surface area contributed by atoms with Gasteiger partial charge in [-0.1, -0.05) is 32.0 Å². The van der Waals surface area contributed by atoms with Crippen LogP contribution in [0.25, 0.3) is 0 Å². The molecule has 0 aliphatic heterocycles. The largest absolute Gasteiger partial charge is 0.356 e. The van der Waals surface area contributed by atoms with Crippen LogP contribution in [0.3, 0.4) is 0 Å². The molecule has 0 atom stereocenters. The Morgan fingerprint density at radius 1 is 1.12 bits per heavy atom. The van der Waals surface area contributed by atoms with Gasteiger partial charge in [-0.3, -0.25) is 9.79 Å². The van der Waals surface area contributed by atoms with Crippen LogP contribution < -0.4 is 16.0 Å². The number of nitrogens with one attached hydrogen (secondary N) is 3. The molecular weight excluding hydrogens is 344 g/mol. The number of thiophene rings is 1. The van der Waals surface area contributed by atoms with Crippen LogP contribution in [0.1, 0.15) is 41.6 Å². The van der Waals surface area contributed by atoms with Crippen molar-refractivity contribution in [3.8, 4) is 0 Å². The van der Waals surface area contributed by atoms with E-state index in [1.807, 2.05) is 31.2 Å². The Morgan fingerprint density at radius 3 is 2.42 bits per heavy atom. The molecule has 0 saturated heterocycles. The van der Waals surface area contributed by atoms with E-state index in [1.165, 1.54) is 4.88 Å². The molecule has 0 spiro atoms. The second kappa shape index (κ2) is 9.38. The number of amides is 1. The molecule has 0 unspecified atom stereocenters. The van der Waals surface area contributed by atoms with Gasteiger partial charge in [0.25, 0.3) is 5.91 Å². The Bertz CT molecular complexity index is 721. The molecule has 0 saturated carbocycles. The number of nitrogens with zero attached hydrogens (tertiary/aromatic N) is 1. The predicted octanol–water partition coefficient (Wildman–Crippen LogP) is 3.14. The van der Waals surface area contributed by atoms with E-state index in [1.54, 1.807) is 18.4 Å². The van der Waals surface area contributed by atoms with E-state index in [9.17, 15) is 4.79 Å². The molecule has 0 aliphatic carbocycles. The molecule has 140 valence electrons. The number of hydrogen-bond donors (Lipinski definition) is 3. The summed E-state index contributed by atoms with van der Waals surface area (Å²) in [6.45, 7) is 8.43. The minimum Gasteiger partial charge on any atom is -0.356 e. The average molecular weight is 373 g/mol. The summed E-state index contributed by atoms with van der Waals surface area (Å²) in [4.78, 5) is 17.4. The zero-order valence-electron chi connectivity index (χ0n) is 15.9. The molecule has 1 amide bonds. The maximum absolute atomic E-state index is 11.8. The predicted molar refractivity (Wildman–Crippen MR) is 110 cm³/mol. The van der Waals surface area contributed by atoms with Crippen molar-refractivity contribution in [1.29, 1.82) is 0 Å².